The van der Waals surface area contributed by atoms with Crippen molar-refractivity contribution in [1.82, 2.24) is 4.90 Å². The molecule has 0 spiro atoms. The summed E-state index contributed by atoms with van der Waals surface area (Å²) in [5.41, 5.74) is 7.72. The van der Waals surface area contributed by atoms with Gasteiger partial charge in [0.2, 0.25) is 0 Å². The number of nitrogens with two attached hydrogens (primary N) is 1. The number of anilines is 1. The Kier molecular flexibility index (Phi) is 5.64. The fourth-order valence-electron chi connectivity index (χ4n) is 1.80. The molecule has 2 N–H and O–H groups in total. The van der Waals surface area contributed by atoms with E-state index in [1.54, 1.807) is 0 Å². The average Bonchev–Trinajstić information content (AvgIpc) is 2.29. The Morgan fingerprint density at radius 3 is 2.50 bits per heavy atom. The van der Waals surface area contributed by atoms with Crippen LogP contribution in [0.1, 0.15) is 25.8 Å². The Morgan fingerprint density at radius 2 is 1.94 bits per heavy atom. The highest BCUT2D eigenvalue weighted by Gasteiger charge is 2.01. The zero-order valence-corrected chi connectivity index (χ0v) is 10.9. The zero-order valence-electron chi connectivity index (χ0n) is 10.2. The molecule has 0 aromatic heterocycles. The first-order chi connectivity index (χ1) is 7.67. The fourth-order valence-corrected chi connectivity index (χ4v) is 1.91. The van der Waals surface area contributed by atoms with Crippen LogP contribution < -0.4 is 5.73 Å². The minimum atomic E-state index is 0.646. The summed E-state index contributed by atoms with van der Waals surface area (Å²) in [6, 6.07) is 5.91. The van der Waals surface area contributed by atoms with Crippen molar-refractivity contribution in [2.24, 2.45) is 0 Å². The summed E-state index contributed by atoms with van der Waals surface area (Å²) < 4.78 is 0. The van der Waals surface area contributed by atoms with Crippen molar-refractivity contribution in [2.45, 2.75) is 26.7 Å². The van der Waals surface area contributed by atoms with E-state index >= 15 is 0 Å². The molecule has 0 heterocycles. The van der Waals surface area contributed by atoms with Gasteiger partial charge in [-0.3, -0.25) is 0 Å². The van der Waals surface area contributed by atoms with Crippen LogP contribution >= 0.6 is 11.6 Å². The molecule has 0 aliphatic rings. The minimum absolute atomic E-state index is 0.646. The highest BCUT2D eigenvalue weighted by molar-refractivity contribution is 6.33. The van der Waals surface area contributed by atoms with Gasteiger partial charge < -0.3 is 10.6 Å². The number of hydrogen-bond donors (Lipinski definition) is 1. The molecule has 3 heteroatoms. The maximum Gasteiger partial charge on any atom is 0.0635 e. The SMILES string of the molecule is CCN(CC)CCCc1ccc(Cl)c(N)c1. The number of benzene rings is 1. The molecule has 0 aliphatic carbocycles. The Balaban J connectivity index is 2.40. The fraction of sp³-hybridized carbons (Fsp3) is 0.538. The average molecular weight is 241 g/mol. The molecule has 0 amide bonds. The molecule has 0 radical (unpaired) electrons. The quantitative estimate of drug-likeness (QED) is 0.774. The van der Waals surface area contributed by atoms with Crippen molar-refractivity contribution in [3.05, 3.63) is 28.8 Å². The summed E-state index contributed by atoms with van der Waals surface area (Å²) in [4.78, 5) is 2.43. The molecule has 2 nitrogen and oxygen atoms in total. The summed E-state index contributed by atoms with van der Waals surface area (Å²) in [7, 11) is 0. The minimum Gasteiger partial charge on any atom is -0.398 e. The molecule has 1 aromatic rings. The second kappa shape index (κ2) is 6.77. The van der Waals surface area contributed by atoms with Crippen molar-refractivity contribution in [3.63, 3.8) is 0 Å². The molecule has 0 saturated carbocycles. The zero-order chi connectivity index (χ0) is 12.0. The van der Waals surface area contributed by atoms with Gasteiger partial charge in [0.15, 0.2) is 0 Å². The molecule has 0 saturated heterocycles. The summed E-state index contributed by atoms with van der Waals surface area (Å²) in [5, 5.41) is 0.646. The number of nitrogens with zero attached hydrogens (tertiary/aromatic N) is 1. The first-order valence-corrected chi connectivity index (χ1v) is 6.31. The van der Waals surface area contributed by atoms with E-state index in [9.17, 15) is 0 Å². The Hall–Kier alpha value is -0.730. The van der Waals surface area contributed by atoms with Gasteiger partial charge in [-0.05, 0) is 50.2 Å². The molecule has 0 fully saturated rings. The first-order valence-electron chi connectivity index (χ1n) is 5.93. The van der Waals surface area contributed by atoms with Crippen LogP contribution in [0.4, 0.5) is 5.69 Å². The van der Waals surface area contributed by atoms with E-state index in [0.29, 0.717) is 10.7 Å². The smallest absolute Gasteiger partial charge is 0.0635 e. The van der Waals surface area contributed by atoms with Crippen LogP contribution in [0.5, 0.6) is 0 Å². The molecule has 0 atom stereocenters. The number of nitrogen functional groups attached to an aromatic ring is 1. The van der Waals surface area contributed by atoms with Crippen molar-refractivity contribution in [1.29, 1.82) is 0 Å². The molecule has 0 aliphatic heterocycles. The summed E-state index contributed by atoms with van der Waals surface area (Å²) in [6.45, 7) is 7.79. The maximum absolute atomic E-state index is 5.88. The molecule has 0 unspecified atom stereocenters. The van der Waals surface area contributed by atoms with Crippen LogP contribution in [0.3, 0.4) is 0 Å². The highest BCUT2D eigenvalue weighted by atomic mass is 35.5. The van der Waals surface area contributed by atoms with Gasteiger partial charge in [0.1, 0.15) is 0 Å². The maximum atomic E-state index is 5.88. The van der Waals surface area contributed by atoms with E-state index in [1.807, 2.05) is 12.1 Å². The van der Waals surface area contributed by atoms with Crippen molar-refractivity contribution in [2.75, 3.05) is 25.4 Å². The lowest BCUT2D eigenvalue weighted by atomic mass is 10.1. The molecule has 16 heavy (non-hydrogen) atoms. The standard InChI is InChI=1S/C13H21ClN2/c1-3-16(4-2)9-5-6-11-7-8-12(14)13(15)10-11/h7-8,10H,3-6,9,15H2,1-2H3. The first kappa shape index (κ1) is 13.3. The van der Waals surface area contributed by atoms with Crippen molar-refractivity contribution in [3.8, 4) is 0 Å². The molecular formula is C13H21ClN2. The second-order valence-electron chi connectivity index (χ2n) is 3.99. The third-order valence-corrected chi connectivity index (χ3v) is 3.24. The lowest BCUT2D eigenvalue weighted by molar-refractivity contribution is 0.300. The summed E-state index contributed by atoms with van der Waals surface area (Å²) in [6.07, 6.45) is 2.24. The Morgan fingerprint density at radius 1 is 1.25 bits per heavy atom. The predicted octanol–water partition coefficient (Wildman–Crippen LogP) is 3.20. The van der Waals surface area contributed by atoms with Crippen LogP contribution in [-0.4, -0.2) is 24.5 Å². The van der Waals surface area contributed by atoms with E-state index in [2.05, 4.69) is 24.8 Å². The Labute approximate surface area is 103 Å². The third kappa shape index (κ3) is 4.03. The topological polar surface area (TPSA) is 29.3 Å². The van der Waals surface area contributed by atoms with Crippen molar-refractivity contribution < 1.29 is 0 Å². The van der Waals surface area contributed by atoms with E-state index in [0.717, 1.165) is 26.1 Å². The lowest BCUT2D eigenvalue weighted by Gasteiger charge is -2.17. The number of aryl methyl sites for hydroxylation is 1. The van der Waals surface area contributed by atoms with Gasteiger partial charge in [0.25, 0.3) is 0 Å². The lowest BCUT2D eigenvalue weighted by Crippen LogP contribution is -2.24. The van der Waals surface area contributed by atoms with E-state index in [-0.39, 0.29) is 0 Å². The van der Waals surface area contributed by atoms with Gasteiger partial charge in [0.05, 0.1) is 10.7 Å². The molecule has 1 aromatic carbocycles. The number of rotatable bonds is 6. The Bertz CT molecular complexity index is 322. The highest BCUT2D eigenvalue weighted by Crippen LogP contribution is 2.20. The predicted molar refractivity (Wildman–Crippen MR) is 72.0 cm³/mol. The molecule has 90 valence electrons. The van der Waals surface area contributed by atoms with E-state index in [4.69, 9.17) is 17.3 Å². The third-order valence-electron chi connectivity index (χ3n) is 2.89. The van der Waals surface area contributed by atoms with Gasteiger partial charge in [-0.15, -0.1) is 0 Å². The van der Waals surface area contributed by atoms with Gasteiger partial charge in [-0.1, -0.05) is 31.5 Å². The van der Waals surface area contributed by atoms with Gasteiger partial charge in [-0.2, -0.15) is 0 Å². The van der Waals surface area contributed by atoms with Crippen LogP contribution in [0.15, 0.2) is 18.2 Å². The molecule has 0 bridgehead atoms. The van der Waals surface area contributed by atoms with Gasteiger partial charge in [0, 0.05) is 0 Å². The summed E-state index contributed by atoms with van der Waals surface area (Å²) in [5.74, 6) is 0. The van der Waals surface area contributed by atoms with E-state index in [1.165, 1.54) is 12.0 Å². The van der Waals surface area contributed by atoms with Crippen LogP contribution in [0, 0.1) is 0 Å². The van der Waals surface area contributed by atoms with Crippen molar-refractivity contribution >= 4 is 17.3 Å². The van der Waals surface area contributed by atoms with Gasteiger partial charge >= 0.3 is 0 Å². The number of halogens is 1. The molecule has 1 rings (SSSR count). The molecular weight excluding hydrogens is 220 g/mol. The normalized spacial score (nSPS) is 11.0. The van der Waals surface area contributed by atoms with Crippen LogP contribution in [0.2, 0.25) is 5.02 Å². The number of hydrogen-bond acceptors (Lipinski definition) is 2. The second-order valence-corrected chi connectivity index (χ2v) is 4.39. The van der Waals surface area contributed by atoms with Crippen LogP contribution in [0.25, 0.3) is 0 Å². The largest absolute Gasteiger partial charge is 0.398 e. The summed E-state index contributed by atoms with van der Waals surface area (Å²) >= 11 is 5.88. The monoisotopic (exact) mass is 240 g/mol. The van der Waals surface area contributed by atoms with Crippen LogP contribution in [-0.2, 0) is 6.42 Å². The van der Waals surface area contributed by atoms with Gasteiger partial charge in [-0.25, -0.2) is 0 Å². The van der Waals surface area contributed by atoms with E-state index < -0.39 is 0 Å².